The van der Waals surface area contributed by atoms with Crippen molar-refractivity contribution < 1.29 is 9.53 Å². The van der Waals surface area contributed by atoms with Crippen LogP contribution in [0.3, 0.4) is 0 Å². The number of hydrogen-bond acceptors (Lipinski definition) is 3. The fourth-order valence-electron chi connectivity index (χ4n) is 1.76. The maximum atomic E-state index is 11.8. The van der Waals surface area contributed by atoms with Gasteiger partial charge in [0.15, 0.2) is 11.9 Å². The molecule has 0 aromatic heterocycles. The Morgan fingerprint density at radius 1 is 1.53 bits per heavy atom. The number of rotatable bonds is 3. The summed E-state index contributed by atoms with van der Waals surface area (Å²) in [5.41, 5.74) is 0.949. The van der Waals surface area contributed by atoms with E-state index in [0.29, 0.717) is 19.4 Å². The van der Waals surface area contributed by atoms with E-state index in [1.54, 1.807) is 6.92 Å². The lowest BCUT2D eigenvalue weighted by Gasteiger charge is -2.26. The number of benzene rings is 1. The first kappa shape index (κ1) is 11.5. The summed E-state index contributed by atoms with van der Waals surface area (Å²) in [4.78, 5) is 11.8. The second-order valence-electron chi connectivity index (χ2n) is 3.88. The number of ether oxygens (including phenoxy) is 1. The average molecular weight is 229 g/mol. The van der Waals surface area contributed by atoms with E-state index in [1.165, 1.54) is 0 Å². The summed E-state index contributed by atoms with van der Waals surface area (Å²) in [6.07, 6.45) is 0.676. The van der Waals surface area contributed by atoms with Crippen molar-refractivity contribution in [3.8, 4) is 17.6 Å². The molecule has 0 fully saturated rings. The van der Waals surface area contributed by atoms with E-state index < -0.39 is 0 Å². The predicted octanol–water partition coefficient (Wildman–Crippen LogP) is 2.23. The number of hydrogen-bond donors (Lipinski definition) is 1. The topological polar surface area (TPSA) is 38.3 Å². The fraction of sp³-hybridized carbons (Fsp3) is 0.357. The second-order valence-corrected chi connectivity index (χ2v) is 3.88. The quantitative estimate of drug-likeness (QED) is 0.808. The molecular weight excluding hydrogens is 214 g/mol. The van der Waals surface area contributed by atoms with E-state index in [0.717, 1.165) is 11.4 Å². The normalized spacial score (nSPS) is 16.9. The highest BCUT2D eigenvalue weighted by atomic mass is 16.5. The van der Waals surface area contributed by atoms with Crippen molar-refractivity contribution in [2.45, 2.75) is 25.9 Å². The van der Waals surface area contributed by atoms with Crippen LogP contribution in [0, 0.1) is 11.8 Å². The molecule has 1 aromatic carbocycles. The Morgan fingerprint density at radius 2 is 2.35 bits per heavy atom. The Bertz CT molecular complexity index is 471. The molecule has 0 aliphatic carbocycles. The van der Waals surface area contributed by atoms with Gasteiger partial charge in [-0.3, -0.25) is 4.79 Å². The van der Waals surface area contributed by atoms with Crippen molar-refractivity contribution >= 4 is 11.5 Å². The van der Waals surface area contributed by atoms with Gasteiger partial charge in [0.1, 0.15) is 5.75 Å². The second kappa shape index (κ2) is 5.40. The van der Waals surface area contributed by atoms with Gasteiger partial charge in [0.05, 0.1) is 12.2 Å². The first-order valence-corrected chi connectivity index (χ1v) is 5.73. The number of carbonyl (C=O) groups excluding carboxylic acids is 1. The van der Waals surface area contributed by atoms with E-state index in [4.69, 9.17) is 4.74 Å². The van der Waals surface area contributed by atoms with Gasteiger partial charge in [0, 0.05) is 12.8 Å². The molecule has 1 aliphatic rings. The highest BCUT2D eigenvalue weighted by Gasteiger charge is 2.24. The van der Waals surface area contributed by atoms with Crippen LogP contribution in [0.25, 0.3) is 0 Å². The highest BCUT2D eigenvalue weighted by Crippen LogP contribution is 2.28. The molecule has 0 saturated heterocycles. The zero-order chi connectivity index (χ0) is 12.1. The van der Waals surface area contributed by atoms with Crippen LogP contribution < -0.4 is 10.1 Å². The minimum absolute atomic E-state index is 0.106. The monoisotopic (exact) mass is 229 g/mol. The predicted molar refractivity (Wildman–Crippen MR) is 67.0 cm³/mol. The lowest BCUT2D eigenvalue weighted by molar-refractivity contribution is -0.125. The van der Waals surface area contributed by atoms with E-state index in [-0.39, 0.29) is 11.9 Å². The number of anilines is 1. The first-order chi connectivity index (χ1) is 8.31. The van der Waals surface area contributed by atoms with Gasteiger partial charge in [-0.2, -0.15) is 0 Å². The van der Waals surface area contributed by atoms with E-state index >= 15 is 0 Å². The molecule has 1 aromatic rings. The summed E-state index contributed by atoms with van der Waals surface area (Å²) < 4.78 is 5.66. The molecule has 0 bridgehead atoms. The lowest BCUT2D eigenvalue weighted by atomic mass is 10.1. The van der Waals surface area contributed by atoms with E-state index in [9.17, 15) is 4.79 Å². The summed E-state index contributed by atoms with van der Waals surface area (Å²) in [5, 5.41) is 3.20. The third-order valence-electron chi connectivity index (χ3n) is 2.67. The number of fused-ring (bicyclic) bond motifs is 1. The fourth-order valence-corrected chi connectivity index (χ4v) is 1.76. The third-order valence-corrected chi connectivity index (χ3v) is 2.67. The van der Waals surface area contributed by atoms with Gasteiger partial charge < -0.3 is 10.1 Å². The summed E-state index contributed by atoms with van der Waals surface area (Å²) in [7, 11) is 0. The van der Waals surface area contributed by atoms with Crippen molar-refractivity contribution in [3.05, 3.63) is 24.3 Å². The van der Waals surface area contributed by atoms with Gasteiger partial charge in [-0.1, -0.05) is 12.1 Å². The van der Waals surface area contributed by atoms with Crippen molar-refractivity contribution in [2.24, 2.45) is 0 Å². The molecule has 1 N–H and O–H groups in total. The van der Waals surface area contributed by atoms with Crippen LogP contribution in [0.5, 0.6) is 5.75 Å². The Balaban J connectivity index is 1.97. The summed E-state index contributed by atoms with van der Waals surface area (Å²) in [6.45, 7) is 2.31. The largest absolute Gasteiger partial charge is 0.479 e. The summed E-state index contributed by atoms with van der Waals surface area (Å²) in [5.74, 6) is 6.53. The molecule has 2 rings (SSSR count). The Morgan fingerprint density at radius 3 is 3.18 bits per heavy atom. The maximum absolute atomic E-state index is 11.8. The molecule has 1 atom stereocenters. The number of Topliss-reactive ketones (excluding diaryl/α,β-unsaturated/α-hetero) is 1. The zero-order valence-electron chi connectivity index (χ0n) is 9.82. The molecule has 88 valence electrons. The number of ketones is 1. The number of para-hydroxylation sites is 2. The van der Waals surface area contributed by atoms with Crippen LogP contribution in [0.15, 0.2) is 24.3 Å². The molecule has 0 spiro atoms. The highest BCUT2D eigenvalue weighted by molar-refractivity contribution is 5.85. The Kier molecular flexibility index (Phi) is 3.66. The van der Waals surface area contributed by atoms with E-state index in [1.807, 2.05) is 24.3 Å². The van der Waals surface area contributed by atoms with Gasteiger partial charge >= 0.3 is 0 Å². The van der Waals surface area contributed by atoms with Crippen molar-refractivity contribution in [2.75, 3.05) is 11.9 Å². The number of nitrogens with one attached hydrogen (secondary N) is 1. The molecule has 1 unspecified atom stereocenters. The van der Waals surface area contributed by atoms with Crippen molar-refractivity contribution in [3.63, 3.8) is 0 Å². The van der Waals surface area contributed by atoms with Crippen LogP contribution >= 0.6 is 0 Å². The number of carbonyl (C=O) groups is 1. The van der Waals surface area contributed by atoms with Crippen LogP contribution in [0.4, 0.5) is 5.69 Å². The van der Waals surface area contributed by atoms with E-state index in [2.05, 4.69) is 17.2 Å². The van der Waals surface area contributed by atoms with Crippen LogP contribution in [0.1, 0.15) is 19.8 Å². The van der Waals surface area contributed by atoms with Gasteiger partial charge in [-0.25, -0.2) is 0 Å². The van der Waals surface area contributed by atoms with Crippen LogP contribution in [0.2, 0.25) is 0 Å². The first-order valence-electron chi connectivity index (χ1n) is 5.73. The van der Waals surface area contributed by atoms with Crippen molar-refractivity contribution in [1.29, 1.82) is 0 Å². The van der Waals surface area contributed by atoms with Gasteiger partial charge in [0.2, 0.25) is 0 Å². The van der Waals surface area contributed by atoms with Gasteiger partial charge in [0.25, 0.3) is 0 Å². The lowest BCUT2D eigenvalue weighted by Crippen LogP contribution is -2.37. The summed E-state index contributed by atoms with van der Waals surface area (Å²) >= 11 is 0. The molecule has 3 heteroatoms. The Hall–Kier alpha value is -1.95. The van der Waals surface area contributed by atoms with Gasteiger partial charge in [-0.05, 0) is 19.1 Å². The molecule has 0 amide bonds. The molecule has 0 radical (unpaired) electrons. The maximum Gasteiger partial charge on any atom is 0.176 e. The van der Waals surface area contributed by atoms with Crippen LogP contribution in [-0.2, 0) is 4.79 Å². The smallest absolute Gasteiger partial charge is 0.176 e. The molecular formula is C14H15NO2. The molecule has 1 aliphatic heterocycles. The third kappa shape index (κ3) is 2.79. The summed E-state index contributed by atoms with van der Waals surface area (Å²) in [6, 6.07) is 7.65. The molecule has 17 heavy (non-hydrogen) atoms. The molecule has 3 nitrogen and oxygen atoms in total. The standard InChI is InChI=1S/C14H15NO2/c1-2-3-4-8-12(16)14-10-15-11-7-5-6-9-13(11)17-14/h5-7,9,14-15H,4,8,10H2,1H3. The van der Waals surface area contributed by atoms with Crippen LogP contribution in [-0.4, -0.2) is 18.4 Å². The Labute approximate surface area is 101 Å². The van der Waals surface area contributed by atoms with Gasteiger partial charge in [-0.15, -0.1) is 11.8 Å². The SMILES string of the molecule is CC#CCCC(=O)C1CNc2ccccc2O1. The van der Waals surface area contributed by atoms with Crippen molar-refractivity contribution in [1.82, 2.24) is 0 Å². The molecule has 0 saturated carbocycles. The minimum atomic E-state index is -0.386. The average Bonchev–Trinajstić information content (AvgIpc) is 2.38. The minimum Gasteiger partial charge on any atom is -0.479 e. The zero-order valence-corrected chi connectivity index (χ0v) is 9.82. The molecule has 1 heterocycles.